The summed E-state index contributed by atoms with van der Waals surface area (Å²) in [6.45, 7) is 4.79. The summed E-state index contributed by atoms with van der Waals surface area (Å²) in [5, 5.41) is 10.3. The standard InChI is InChI=1S/C9H20B2O5/c1-9(12)7(16-11-3)6(5-14-10-2)15-8(9)13-4/h6-8,10-12H,5H2,1-4H3/t6-,7-,8+,9?/m1/s1/i10D,11D. The summed E-state index contributed by atoms with van der Waals surface area (Å²) in [5.74, 6) is 0. The second-order valence-corrected chi connectivity index (χ2v) is 3.83. The molecule has 0 spiro atoms. The molecule has 0 aromatic carbocycles. The van der Waals surface area contributed by atoms with Crippen molar-refractivity contribution in [2.75, 3.05) is 13.7 Å². The fourth-order valence-electron chi connectivity index (χ4n) is 1.86. The van der Waals surface area contributed by atoms with Gasteiger partial charge in [-0.1, -0.05) is 13.6 Å². The first kappa shape index (κ1) is 11.0. The lowest BCUT2D eigenvalue weighted by Crippen LogP contribution is -2.48. The predicted octanol–water partition coefficient (Wildman–Crippen LogP) is -0.690. The van der Waals surface area contributed by atoms with E-state index in [2.05, 4.69) is 0 Å². The minimum Gasteiger partial charge on any atom is -0.437 e. The zero-order valence-electron chi connectivity index (χ0n) is 12.2. The summed E-state index contributed by atoms with van der Waals surface area (Å²) in [6.07, 6.45) is -2.13. The molecule has 0 aliphatic carbocycles. The van der Waals surface area contributed by atoms with Gasteiger partial charge in [-0.3, -0.25) is 0 Å². The Morgan fingerprint density at radius 3 is 2.69 bits per heavy atom. The van der Waals surface area contributed by atoms with Crippen LogP contribution in [0.25, 0.3) is 0 Å². The summed E-state index contributed by atoms with van der Waals surface area (Å²) in [7, 11) is -0.0535. The summed E-state index contributed by atoms with van der Waals surface area (Å²) in [6, 6.07) is 0. The van der Waals surface area contributed by atoms with Crippen molar-refractivity contribution in [1.82, 2.24) is 0 Å². The van der Waals surface area contributed by atoms with Crippen LogP contribution in [0.4, 0.5) is 0 Å². The van der Waals surface area contributed by atoms with Crippen molar-refractivity contribution in [1.29, 1.82) is 2.67 Å². The molecule has 5 nitrogen and oxygen atoms in total. The molecule has 0 radical (unpaired) electrons. The smallest absolute Gasteiger partial charge is 0.272 e. The first-order valence-electron chi connectivity index (χ1n) is 6.46. The molecule has 4 atom stereocenters. The van der Waals surface area contributed by atoms with E-state index in [0.29, 0.717) is 0 Å². The highest BCUT2D eigenvalue weighted by Gasteiger charge is 2.53. The van der Waals surface area contributed by atoms with Gasteiger partial charge in [-0.25, -0.2) is 0 Å². The molecule has 0 saturated carbocycles. The van der Waals surface area contributed by atoms with Crippen LogP contribution in [-0.4, -0.2) is 60.5 Å². The van der Waals surface area contributed by atoms with Gasteiger partial charge in [-0.05, 0) is 6.92 Å². The first-order chi connectivity index (χ1) is 8.28. The van der Waals surface area contributed by atoms with E-state index in [1.54, 1.807) is 20.6 Å². The molecule has 1 aliphatic rings. The van der Waals surface area contributed by atoms with Gasteiger partial charge in [-0.2, -0.15) is 0 Å². The Bertz CT molecular complexity index is 267. The van der Waals surface area contributed by atoms with Crippen LogP contribution in [0.5, 0.6) is 0 Å². The van der Waals surface area contributed by atoms with E-state index in [4.69, 9.17) is 21.5 Å². The Morgan fingerprint density at radius 2 is 2.19 bits per heavy atom. The number of ether oxygens (including phenoxy) is 2. The monoisotopic (exact) mass is 232 g/mol. The van der Waals surface area contributed by atoms with Crippen molar-refractivity contribution < 1.29 is 23.9 Å². The quantitative estimate of drug-likeness (QED) is 0.614. The summed E-state index contributed by atoms with van der Waals surface area (Å²) >= 11 is 0. The summed E-state index contributed by atoms with van der Waals surface area (Å²) in [5.41, 5.74) is -1.36. The molecule has 0 amide bonds. The lowest BCUT2D eigenvalue weighted by atomic mass is 9.94. The van der Waals surface area contributed by atoms with Crippen molar-refractivity contribution in [3.8, 4) is 0 Å². The van der Waals surface area contributed by atoms with Crippen molar-refractivity contribution in [2.24, 2.45) is 0 Å². The number of hydrogen-bond donors (Lipinski definition) is 1. The predicted molar refractivity (Wildman–Crippen MR) is 63.1 cm³/mol. The molecule has 0 aromatic heterocycles. The molecular weight excluding hydrogens is 210 g/mol. The maximum Gasteiger partial charge on any atom is 0.272 e. The topological polar surface area (TPSA) is 57.2 Å². The molecule has 0 bridgehead atoms. The highest BCUT2D eigenvalue weighted by atomic mass is 16.7. The normalized spacial score (nSPS) is 40.4. The zero-order valence-corrected chi connectivity index (χ0v) is 10.2. The minimum atomic E-state index is -1.36. The van der Waals surface area contributed by atoms with Gasteiger partial charge in [0.05, 0.1) is 6.61 Å². The van der Waals surface area contributed by atoms with Crippen LogP contribution in [0, 0.1) is 0 Å². The van der Waals surface area contributed by atoms with E-state index in [1.165, 1.54) is 7.11 Å². The molecule has 1 unspecified atom stereocenters. The maximum atomic E-state index is 10.3. The molecule has 7 heteroatoms. The van der Waals surface area contributed by atoms with Gasteiger partial charge in [0.15, 0.2) is 6.29 Å². The lowest BCUT2D eigenvalue weighted by molar-refractivity contribution is -0.185. The average Bonchev–Trinajstić information content (AvgIpc) is 2.48. The highest BCUT2D eigenvalue weighted by Crippen LogP contribution is 2.33. The van der Waals surface area contributed by atoms with Crippen LogP contribution < -0.4 is 0 Å². The largest absolute Gasteiger partial charge is 0.437 e. The van der Waals surface area contributed by atoms with Crippen LogP contribution in [0.15, 0.2) is 0 Å². The first-order valence-corrected chi connectivity index (χ1v) is 5.31. The minimum absolute atomic E-state index is 0.109. The van der Waals surface area contributed by atoms with E-state index in [0.717, 1.165) is 0 Å². The van der Waals surface area contributed by atoms with Crippen molar-refractivity contribution in [3.05, 3.63) is 0 Å². The van der Waals surface area contributed by atoms with E-state index in [1.807, 2.05) is 0 Å². The molecule has 1 saturated heterocycles. The molecule has 1 rings (SSSR count). The van der Waals surface area contributed by atoms with Gasteiger partial charge in [0, 0.05) is 9.78 Å². The Morgan fingerprint density at radius 1 is 1.50 bits per heavy atom. The van der Waals surface area contributed by atoms with Crippen LogP contribution >= 0.6 is 0 Å². The maximum absolute atomic E-state index is 10.3. The Balaban J connectivity index is 2.74. The summed E-state index contributed by atoms with van der Waals surface area (Å²) < 4.78 is 35.8. The van der Waals surface area contributed by atoms with Gasteiger partial charge >= 0.3 is 0 Å². The van der Waals surface area contributed by atoms with Crippen molar-refractivity contribution in [2.45, 2.75) is 44.7 Å². The van der Waals surface area contributed by atoms with E-state index >= 15 is 0 Å². The van der Waals surface area contributed by atoms with Gasteiger partial charge in [-0.15, -0.1) is 0 Å². The van der Waals surface area contributed by atoms with Gasteiger partial charge in [0.2, 0.25) is 0 Å². The van der Waals surface area contributed by atoms with Gasteiger partial charge < -0.3 is 23.9 Å². The highest BCUT2D eigenvalue weighted by molar-refractivity contribution is 6.25. The molecular formula is C9H20B2O5. The molecule has 1 heterocycles. The molecule has 0 aromatic rings. The summed E-state index contributed by atoms with van der Waals surface area (Å²) in [4.78, 5) is 0. The SMILES string of the molecule is [2H]B(C)OC[C@H]1O[C@H](OC)C(C)(O)[C@@H]1OB([2H])C. The molecule has 1 aliphatic heterocycles. The molecule has 16 heavy (non-hydrogen) atoms. The van der Waals surface area contributed by atoms with Crippen molar-refractivity contribution >= 4 is 14.9 Å². The Kier molecular flexibility index (Phi) is 4.16. The third-order valence-corrected chi connectivity index (χ3v) is 2.61. The van der Waals surface area contributed by atoms with Crippen LogP contribution in [0.2, 0.25) is 13.6 Å². The zero-order chi connectivity index (χ0) is 13.9. The second-order valence-electron chi connectivity index (χ2n) is 3.83. The number of aliphatic hydroxyl groups is 1. The fourth-order valence-corrected chi connectivity index (χ4v) is 1.86. The number of hydrogen-bond acceptors (Lipinski definition) is 5. The molecule has 92 valence electrons. The molecule has 1 N–H and O–H groups in total. The Hall–Kier alpha value is -0.0701. The number of rotatable bonds is 6. The Labute approximate surface area is 101 Å². The third kappa shape index (κ3) is 2.78. The van der Waals surface area contributed by atoms with Crippen LogP contribution in [-0.2, 0) is 18.8 Å². The van der Waals surface area contributed by atoms with E-state index < -0.39 is 39.0 Å². The van der Waals surface area contributed by atoms with Crippen LogP contribution in [0.3, 0.4) is 0 Å². The number of methoxy groups -OCH3 is 1. The van der Waals surface area contributed by atoms with Gasteiger partial charge in [0.25, 0.3) is 14.9 Å². The van der Waals surface area contributed by atoms with Crippen molar-refractivity contribution in [3.63, 3.8) is 0 Å². The van der Waals surface area contributed by atoms with E-state index in [9.17, 15) is 5.11 Å². The second kappa shape index (κ2) is 6.02. The van der Waals surface area contributed by atoms with E-state index in [-0.39, 0.29) is 6.61 Å². The molecule has 1 fully saturated rings. The average molecular weight is 232 g/mol. The fraction of sp³-hybridized carbons (Fsp3) is 1.00. The van der Waals surface area contributed by atoms with Crippen LogP contribution in [0.1, 0.15) is 6.92 Å². The lowest BCUT2D eigenvalue weighted by Gasteiger charge is -2.29. The van der Waals surface area contributed by atoms with Gasteiger partial charge in [0.1, 0.15) is 17.8 Å². The third-order valence-electron chi connectivity index (χ3n) is 2.61.